The van der Waals surface area contributed by atoms with Gasteiger partial charge in [0.2, 0.25) is 0 Å². The Kier molecular flexibility index (Phi) is 4.81. The number of carbonyl (C=O) groups is 1. The van der Waals surface area contributed by atoms with Crippen molar-refractivity contribution in [1.29, 1.82) is 0 Å². The maximum atomic E-state index is 12.7. The van der Waals surface area contributed by atoms with Gasteiger partial charge in [0, 0.05) is 42.5 Å². The molecule has 1 fully saturated rings. The number of piperazine rings is 1. The molecule has 2 aromatic rings. The number of aryl methyl sites for hydroxylation is 3. The zero-order valence-electron chi connectivity index (χ0n) is 14.5. The summed E-state index contributed by atoms with van der Waals surface area (Å²) in [4.78, 5) is 16.9. The number of hydrogen-bond donors (Lipinski definition) is 0. The molecule has 0 atom stereocenters. The van der Waals surface area contributed by atoms with Crippen LogP contribution in [0.4, 0.5) is 5.69 Å². The summed E-state index contributed by atoms with van der Waals surface area (Å²) in [5.41, 5.74) is 5.37. The molecule has 0 radical (unpaired) electrons. The third kappa shape index (κ3) is 3.41. The normalized spacial score (nSPS) is 14.8. The van der Waals surface area contributed by atoms with E-state index in [1.807, 2.05) is 49.1 Å². The molecule has 24 heavy (non-hydrogen) atoms. The van der Waals surface area contributed by atoms with E-state index in [1.165, 1.54) is 5.56 Å². The van der Waals surface area contributed by atoms with Gasteiger partial charge in [-0.15, -0.1) is 0 Å². The van der Waals surface area contributed by atoms with Crippen molar-refractivity contribution in [2.45, 2.75) is 20.8 Å². The zero-order valence-corrected chi connectivity index (χ0v) is 15.2. The molecule has 1 heterocycles. The Bertz CT molecular complexity index is 764. The van der Waals surface area contributed by atoms with Crippen LogP contribution in [0.1, 0.15) is 27.0 Å². The third-order valence-electron chi connectivity index (χ3n) is 4.84. The predicted molar refractivity (Wildman–Crippen MR) is 100 cm³/mol. The lowest BCUT2D eigenvalue weighted by Gasteiger charge is -2.36. The first-order valence-electron chi connectivity index (χ1n) is 8.33. The first-order chi connectivity index (χ1) is 11.5. The van der Waals surface area contributed by atoms with Gasteiger partial charge < -0.3 is 9.80 Å². The van der Waals surface area contributed by atoms with Gasteiger partial charge >= 0.3 is 0 Å². The van der Waals surface area contributed by atoms with Crippen molar-refractivity contribution in [3.8, 4) is 0 Å². The van der Waals surface area contributed by atoms with Crippen LogP contribution in [0.15, 0.2) is 36.4 Å². The standard InChI is InChI=1S/C20H23ClN2O/c1-14-4-6-17(12-16(14)3)20(24)23-10-8-22(9-11-23)18-7-5-15(2)19(21)13-18/h4-7,12-13H,8-11H2,1-3H3. The van der Waals surface area contributed by atoms with Crippen LogP contribution >= 0.6 is 11.6 Å². The SMILES string of the molecule is Cc1ccc(C(=O)N2CCN(c3ccc(C)c(Cl)c3)CC2)cc1C. The Morgan fingerprint density at radius 1 is 0.875 bits per heavy atom. The lowest BCUT2D eigenvalue weighted by atomic mass is 10.1. The Balaban J connectivity index is 1.66. The van der Waals surface area contributed by atoms with Crippen molar-refractivity contribution in [3.63, 3.8) is 0 Å². The summed E-state index contributed by atoms with van der Waals surface area (Å²) in [5.74, 6) is 0.125. The molecule has 0 saturated carbocycles. The molecule has 1 saturated heterocycles. The molecule has 2 aromatic carbocycles. The Morgan fingerprint density at radius 2 is 1.54 bits per heavy atom. The van der Waals surface area contributed by atoms with E-state index in [-0.39, 0.29) is 5.91 Å². The monoisotopic (exact) mass is 342 g/mol. The molecular weight excluding hydrogens is 320 g/mol. The van der Waals surface area contributed by atoms with Gasteiger partial charge in [-0.3, -0.25) is 4.79 Å². The average molecular weight is 343 g/mol. The van der Waals surface area contributed by atoms with Gasteiger partial charge in [0.15, 0.2) is 0 Å². The van der Waals surface area contributed by atoms with E-state index in [1.54, 1.807) is 0 Å². The van der Waals surface area contributed by atoms with Crippen molar-refractivity contribution < 1.29 is 4.79 Å². The summed E-state index contributed by atoms with van der Waals surface area (Å²) in [6.07, 6.45) is 0. The van der Waals surface area contributed by atoms with Gasteiger partial charge in [-0.05, 0) is 61.7 Å². The van der Waals surface area contributed by atoms with Gasteiger partial charge in [0.05, 0.1) is 0 Å². The molecule has 0 aliphatic carbocycles. The minimum atomic E-state index is 0.125. The van der Waals surface area contributed by atoms with Crippen molar-refractivity contribution in [2.24, 2.45) is 0 Å². The van der Waals surface area contributed by atoms with Crippen molar-refractivity contribution in [1.82, 2.24) is 4.90 Å². The molecule has 1 amide bonds. The van der Waals surface area contributed by atoms with E-state index in [0.717, 1.165) is 53.6 Å². The third-order valence-corrected chi connectivity index (χ3v) is 5.25. The number of hydrogen-bond acceptors (Lipinski definition) is 2. The molecule has 0 spiro atoms. The van der Waals surface area contributed by atoms with Crippen LogP contribution in [0.2, 0.25) is 5.02 Å². The summed E-state index contributed by atoms with van der Waals surface area (Å²) in [5, 5.41) is 0.793. The van der Waals surface area contributed by atoms with Crippen molar-refractivity contribution in [2.75, 3.05) is 31.1 Å². The quantitative estimate of drug-likeness (QED) is 0.815. The summed E-state index contributed by atoms with van der Waals surface area (Å²) in [6.45, 7) is 9.24. The first-order valence-corrected chi connectivity index (χ1v) is 8.71. The van der Waals surface area contributed by atoms with Gasteiger partial charge in [-0.2, -0.15) is 0 Å². The van der Waals surface area contributed by atoms with Gasteiger partial charge in [-0.1, -0.05) is 23.7 Å². The maximum absolute atomic E-state index is 12.7. The molecule has 3 rings (SSSR count). The van der Waals surface area contributed by atoms with Crippen LogP contribution in [-0.4, -0.2) is 37.0 Å². The predicted octanol–water partition coefficient (Wildman–Crippen LogP) is 4.23. The molecule has 4 heteroatoms. The molecule has 0 aromatic heterocycles. The molecule has 3 nitrogen and oxygen atoms in total. The molecule has 1 aliphatic rings. The van der Waals surface area contributed by atoms with E-state index in [0.29, 0.717) is 0 Å². The molecule has 126 valence electrons. The number of amides is 1. The number of nitrogens with zero attached hydrogens (tertiary/aromatic N) is 2. The van der Waals surface area contributed by atoms with E-state index < -0.39 is 0 Å². The number of benzene rings is 2. The minimum Gasteiger partial charge on any atom is -0.368 e. The lowest BCUT2D eigenvalue weighted by Crippen LogP contribution is -2.48. The molecular formula is C20H23ClN2O. The molecule has 0 bridgehead atoms. The maximum Gasteiger partial charge on any atom is 0.253 e. The highest BCUT2D eigenvalue weighted by molar-refractivity contribution is 6.31. The van der Waals surface area contributed by atoms with E-state index >= 15 is 0 Å². The van der Waals surface area contributed by atoms with Gasteiger partial charge in [0.1, 0.15) is 0 Å². The molecule has 0 N–H and O–H groups in total. The summed E-state index contributed by atoms with van der Waals surface area (Å²) in [7, 11) is 0. The Hall–Kier alpha value is -2.00. The summed E-state index contributed by atoms with van der Waals surface area (Å²) in [6, 6.07) is 12.1. The second-order valence-electron chi connectivity index (χ2n) is 6.51. The number of rotatable bonds is 2. The van der Waals surface area contributed by atoms with Crippen LogP contribution in [0.5, 0.6) is 0 Å². The minimum absolute atomic E-state index is 0.125. The topological polar surface area (TPSA) is 23.6 Å². The summed E-state index contributed by atoms with van der Waals surface area (Å²) < 4.78 is 0. The van der Waals surface area contributed by atoms with E-state index in [9.17, 15) is 4.79 Å². The average Bonchev–Trinajstić information content (AvgIpc) is 2.59. The fraction of sp³-hybridized carbons (Fsp3) is 0.350. The second-order valence-corrected chi connectivity index (χ2v) is 6.92. The lowest BCUT2D eigenvalue weighted by molar-refractivity contribution is 0.0746. The highest BCUT2D eigenvalue weighted by atomic mass is 35.5. The zero-order chi connectivity index (χ0) is 17.3. The van der Waals surface area contributed by atoms with Crippen molar-refractivity contribution in [3.05, 3.63) is 63.7 Å². The Labute approximate surface area is 148 Å². The number of carbonyl (C=O) groups excluding carboxylic acids is 1. The van der Waals surface area contributed by atoms with Crippen LogP contribution in [0.25, 0.3) is 0 Å². The van der Waals surface area contributed by atoms with Gasteiger partial charge in [0.25, 0.3) is 5.91 Å². The molecule has 1 aliphatic heterocycles. The van der Waals surface area contributed by atoms with Gasteiger partial charge in [-0.25, -0.2) is 0 Å². The molecule has 0 unspecified atom stereocenters. The smallest absolute Gasteiger partial charge is 0.253 e. The Morgan fingerprint density at radius 3 is 2.17 bits per heavy atom. The van der Waals surface area contributed by atoms with E-state index in [4.69, 9.17) is 11.6 Å². The van der Waals surface area contributed by atoms with Crippen LogP contribution in [0.3, 0.4) is 0 Å². The first kappa shape index (κ1) is 16.8. The number of anilines is 1. The fourth-order valence-corrected chi connectivity index (χ4v) is 3.18. The fourth-order valence-electron chi connectivity index (χ4n) is 3.00. The van der Waals surface area contributed by atoms with Crippen LogP contribution < -0.4 is 4.90 Å². The van der Waals surface area contributed by atoms with Crippen molar-refractivity contribution >= 4 is 23.2 Å². The van der Waals surface area contributed by atoms with Crippen LogP contribution in [-0.2, 0) is 0 Å². The van der Waals surface area contributed by atoms with Crippen LogP contribution in [0, 0.1) is 20.8 Å². The largest absolute Gasteiger partial charge is 0.368 e. The second kappa shape index (κ2) is 6.86. The number of halogens is 1. The summed E-state index contributed by atoms with van der Waals surface area (Å²) >= 11 is 6.23. The highest BCUT2D eigenvalue weighted by Crippen LogP contribution is 2.24. The van der Waals surface area contributed by atoms with E-state index in [2.05, 4.69) is 17.9 Å². The highest BCUT2D eigenvalue weighted by Gasteiger charge is 2.22.